The molecule has 36 heavy (non-hydrogen) atoms. The molecular weight excluding hydrogens is 438 g/mol. The summed E-state index contributed by atoms with van der Waals surface area (Å²) in [4.78, 5) is 8.87. The molecule has 0 fully saturated rings. The predicted molar refractivity (Wildman–Crippen MR) is 153 cm³/mol. The van der Waals surface area contributed by atoms with Crippen LogP contribution in [0.25, 0.3) is 16.5 Å². The van der Waals surface area contributed by atoms with Gasteiger partial charge in [-0.2, -0.15) is 0 Å². The number of rotatable bonds is 6. The minimum atomic E-state index is 0.0639. The van der Waals surface area contributed by atoms with E-state index in [9.17, 15) is 0 Å². The van der Waals surface area contributed by atoms with Crippen LogP contribution in [0.15, 0.2) is 84.9 Å². The third kappa shape index (κ3) is 4.06. The first-order valence-corrected chi connectivity index (χ1v) is 13.5. The number of hydrogen-bond donors (Lipinski definition) is 1. The molecule has 3 heteroatoms. The lowest BCUT2D eigenvalue weighted by Crippen LogP contribution is -2.42. The average Bonchev–Trinajstić information content (AvgIpc) is 3.31. The molecular formula is C33H37N3. The van der Waals surface area contributed by atoms with Gasteiger partial charge in [0.15, 0.2) is 0 Å². The van der Waals surface area contributed by atoms with Crippen LogP contribution in [0, 0.1) is 0 Å². The summed E-state index contributed by atoms with van der Waals surface area (Å²) in [6.45, 7) is 2.21. The van der Waals surface area contributed by atoms with Crippen molar-refractivity contribution in [3.63, 3.8) is 0 Å². The molecule has 1 atom stereocenters. The molecule has 1 aliphatic heterocycles. The Hall–Kier alpha value is -3.30. The molecule has 0 radical (unpaired) electrons. The van der Waals surface area contributed by atoms with E-state index in [0.717, 1.165) is 38.8 Å². The molecule has 3 nitrogen and oxygen atoms in total. The van der Waals surface area contributed by atoms with E-state index in [1.54, 1.807) is 0 Å². The number of aromatic amines is 1. The Bertz CT molecular complexity index is 1380. The first-order valence-electron chi connectivity index (χ1n) is 13.5. The monoisotopic (exact) mass is 475 g/mol. The van der Waals surface area contributed by atoms with Gasteiger partial charge in [-0.1, -0.05) is 72.8 Å². The van der Waals surface area contributed by atoms with E-state index in [4.69, 9.17) is 0 Å². The first-order chi connectivity index (χ1) is 17.7. The Labute approximate surface area is 215 Å². The van der Waals surface area contributed by atoms with Gasteiger partial charge in [-0.05, 0) is 87.0 Å². The van der Waals surface area contributed by atoms with Gasteiger partial charge in [-0.25, -0.2) is 0 Å². The third-order valence-corrected chi connectivity index (χ3v) is 8.63. The molecule has 184 valence electrons. The molecule has 0 amide bonds. The fraction of sp³-hybridized carbons (Fsp3) is 0.333. The van der Waals surface area contributed by atoms with Crippen LogP contribution < -0.4 is 4.90 Å². The smallest absolute Gasteiger partial charge is 0.0492 e. The quantitative estimate of drug-likeness (QED) is 0.319. The van der Waals surface area contributed by atoms with Crippen LogP contribution in [0.5, 0.6) is 0 Å². The Morgan fingerprint density at radius 3 is 2.47 bits per heavy atom. The average molecular weight is 476 g/mol. The van der Waals surface area contributed by atoms with Crippen LogP contribution in [-0.2, 0) is 18.4 Å². The lowest BCUT2D eigenvalue weighted by atomic mass is 9.75. The summed E-state index contributed by atoms with van der Waals surface area (Å²) in [5.41, 5.74) is 10.0. The van der Waals surface area contributed by atoms with Crippen molar-refractivity contribution in [1.29, 1.82) is 0 Å². The van der Waals surface area contributed by atoms with Crippen LogP contribution in [0.3, 0.4) is 0 Å². The zero-order valence-corrected chi connectivity index (χ0v) is 21.6. The molecule has 0 spiro atoms. The highest BCUT2D eigenvalue weighted by atomic mass is 15.1. The fourth-order valence-corrected chi connectivity index (χ4v) is 6.56. The molecule has 0 saturated heterocycles. The van der Waals surface area contributed by atoms with Gasteiger partial charge in [0.05, 0.1) is 0 Å². The number of H-pyrrole nitrogens is 1. The van der Waals surface area contributed by atoms with Crippen molar-refractivity contribution in [2.24, 2.45) is 0 Å². The van der Waals surface area contributed by atoms with Crippen molar-refractivity contribution >= 4 is 22.2 Å². The molecule has 1 aliphatic carbocycles. The van der Waals surface area contributed by atoms with Crippen molar-refractivity contribution in [2.45, 2.75) is 44.1 Å². The number of nitrogens with zero attached hydrogens (tertiary/aromatic N) is 2. The second kappa shape index (κ2) is 9.63. The molecule has 1 N–H and O–H groups in total. The number of nitrogens with one attached hydrogen (secondary N) is 1. The zero-order valence-electron chi connectivity index (χ0n) is 21.6. The number of fused-ring (bicyclic) bond motifs is 2. The van der Waals surface area contributed by atoms with Gasteiger partial charge >= 0.3 is 0 Å². The van der Waals surface area contributed by atoms with E-state index in [1.165, 1.54) is 57.4 Å². The van der Waals surface area contributed by atoms with E-state index < -0.39 is 0 Å². The summed E-state index contributed by atoms with van der Waals surface area (Å²) in [5, 5.41) is 1.38. The van der Waals surface area contributed by atoms with Gasteiger partial charge in [0.25, 0.3) is 0 Å². The van der Waals surface area contributed by atoms with Crippen molar-refractivity contribution in [2.75, 3.05) is 32.1 Å². The maximum Gasteiger partial charge on any atom is 0.0492 e. The van der Waals surface area contributed by atoms with E-state index in [2.05, 4.69) is 114 Å². The summed E-state index contributed by atoms with van der Waals surface area (Å²) in [6.07, 6.45) is 9.27. The predicted octanol–water partition coefficient (Wildman–Crippen LogP) is 7.19. The van der Waals surface area contributed by atoms with Crippen molar-refractivity contribution in [1.82, 2.24) is 9.88 Å². The standard InChI is InChI=1S/C33H37N3/c1-35(2)33(27-13-4-3-5-14-27)21-18-26(19-22-33)32-29(28-15-7-8-16-30(28)34-32)20-24-36-23-10-12-25-11-6-9-17-31(25)36/h3-9,11,13-18,34H,10,12,19-24H2,1-2H3. The number of benzene rings is 3. The van der Waals surface area contributed by atoms with E-state index in [0.29, 0.717) is 0 Å². The van der Waals surface area contributed by atoms with Gasteiger partial charge in [0.2, 0.25) is 0 Å². The number of hydrogen-bond acceptors (Lipinski definition) is 2. The molecule has 2 aliphatic rings. The Balaban J connectivity index is 1.32. The van der Waals surface area contributed by atoms with Gasteiger partial charge < -0.3 is 9.88 Å². The minimum Gasteiger partial charge on any atom is -0.371 e. The maximum atomic E-state index is 3.84. The Morgan fingerprint density at radius 1 is 0.889 bits per heavy atom. The van der Waals surface area contributed by atoms with Crippen LogP contribution in [0.2, 0.25) is 0 Å². The highest BCUT2D eigenvalue weighted by molar-refractivity contribution is 5.89. The number of para-hydroxylation sites is 2. The first kappa shape index (κ1) is 23.1. The number of aromatic nitrogens is 1. The normalized spacial score (nSPS) is 20.0. The molecule has 4 aromatic rings. The zero-order chi connectivity index (χ0) is 24.5. The topological polar surface area (TPSA) is 22.3 Å². The highest BCUT2D eigenvalue weighted by Crippen LogP contribution is 2.44. The Kier molecular flexibility index (Phi) is 6.18. The molecule has 0 bridgehead atoms. The van der Waals surface area contributed by atoms with Gasteiger partial charge in [0.1, 0.15) is 0 Å². The van der Waals surface area contributed by atoms with Crippen LogP contribution in [-0.4, -0.2) is 37.1 Å². The van der Waals surface area contributed by atoms with Crippen LogP contribution in [0.4, 0.5) is 5.69 Å². The van der Waals surface area contributed by atoms with Gasteiger partial charge in [0, 0.05) is 40.9 Å². The van der Waals surface area contributed by atoms with Gasteiger partial charge in [-0.3, -0.25) is 4.90 Å². The second-order valence-electron chi connectivity index (χ2n) is 10.7. The molecule has 2 heterocycles. The van der Waals surface area contributed by atoms with E-state index in [1.807, 2.05) is 0 Å². The molecule has 3 aromatic carbocycles. The third-order valence-electron chi connectivity index (χ3n) is 8.63. The highest BCUT2D eigenvalue weighted by Gasteiger charge is 2.36. The summed E-state index contributed by atoms with van der Waals surface area (Å²) in [7, 11) is 4.47. The largest absolute Gasteiger partial charge is 0.371 e. The lowest BCUT2D eigenvalue weighted by Gasteiger charge is -2.43. The van der Waals surface area contributed by atoms with Gasteiger partial charge in [-0.15, -0.1) is 0 Å². The minimum absolute atomic E-state index is 0.0639. The van der Waals surface area contributed by atoms with Crippen LogP contribution >= 0.6 is 0 Å². The lowest BCUT2D eigenvalue weighted by molar-refractivity contribution is 0.138. The number of allylic oxidation sites excluding steroid dienone is 1. The van der Waals surface area contributed by atoms with Crippen molar-refractivity contribution in [3.05, 3.63) is 107 Å². The molecule has 0 saturated carbocycles. The molecule has 1 aromatic heterocycles. The maximum absolute atomic E-state index is 3.84. The Morgan fingerprint density at radius 2 is 1.67 bits per heavy atom. The summed E-state index contributed by atoms with van der Waals surface area (Å²) in [6, 6.07) is 28.9. The van der Waals surface area contributed by atoms with E-state index >= 15 is 0 Å². The summed E-state index contributed by atoms with van der Waals surface area (Å²) in [5.74, 6) is 0. The molecule has 1 unspecified atom stereocenters. The van der Waals surface area contributed by atoms with Crippen molar-refractivity contribution in [3.8, 4) is 0 Å². The number of aryl methyl sites for hydroxylation is 1. The number of anilines is 1. The van der Waals surface area contributed by atoms with E-state index in [-0.39, 0.29) is 5.54 Å². The SMILES string of the molecule is CN(C)C1(c2ccccc2)CC=C(c2[nH]c3ccccc3c2CCN2CCCc3ccccc32)CC1. The summed E-state index contributed by atoms with van der Waals surface area (Å²) < 4.78 is 0. The molecule has 6 rings (SSSR count). The second-order valence-corrected chi connectivity index (χ2v) is 10.7. The fourth-order valence-electron chi connectivity index (χ4n) is 6.56. The van der Waals surface area contributed by atoms with Crippen LogP contribution in [0.1, 0.15) is 48.1 Å². The van der Waals surface area contributed by atoms with Crippen molar-refractivity contribution < 1.29 is 0 Å². The summed E-state index contributed by atoms with van der Waals surface area (Å²) >= 11 is 0.